The molecule has 1 atom stereocenters. The standard InChI is InChI=1S/C13H15N5O4/c1-7-16-13(22-17-7)10-4-8-9(15-6-14-8)5-18(10)11(19)2-3-12(20)21/h6,10H,2-5H2,1H3,(H,14,15)(H,20,21)/t10-/m0/s1. The van der Waals surface area contributed by atoms with Gasteiger partial charge in [-0.05, 0) is 6.92 Å². The number of nitrogens with zero attached hydrogens (tertiary/aromatic N) is 4. The van der Waals surface area contributed by atoms with Crippen LogP contribution in [0.4, 0.5) is 0 Å². The molecule has 0 bridgehead atoms. The average Bonchev–Trinajstić information content (AvgIpc) is 3.11. The van der Waals surface area contributed by atoms with Gasteiger partial charge in [-0.25, -0.2) is 4.98 Å². The van der Waals surface area contributed by atoms with E-state index in [-0.39, 0.29) is 18.7 Å². The number of amides is 1. The summed E-state index contributed by atoms with van der Waals surface area (Å²) in [5.74, 6) is -0.433. The number of carboxylic acids is 1. The molecule has 3 rings (SSSR count). The van der Waals surface area contributed by atoms with E-state index < -0.39 is 12.0 Å². The van der Waals surface area contributed by atoms with Gasteiger partial charge in [0.05, 0.1) is 30.7 Å². The van der Waals surface area contributed by atoms with Crippen molar-refractivity contribution in [2.24, 2.45) is 0 Å². The summed E-state index contributed by atoms with van der Waals surface area (Å²) >= 11 is 0. The van der Waals surface area contributed by atoms with Crippen molar-refractivity contribution in [3.05, 3.63) is 29.4 Å². The highest BCUT2D eigenvalue weighted by Crippen LogP contribution is 2.31. The first-order valence-corrected chi connectivity index (χ1v) is 6.87. The summed E-state index contributed by atoms with van der Waals surface area (Å²) in [5, 5.41) is 12.5. The number of carbonyl (C=O) groups is 2. The van der Waals surface area contributed by atoms with Gasteiger partial charge in [-0.15, -0.1) is 0 Å². The number of hydrogen-bond acceptors (Lipinski definition) is 6. The van der Waals surface area contributed by atoms with Crippen LogP contribution in [0.1, 0.15) is 42.0 Å². The lowest BCUT2D eigenvalue weighted by Gasteiger charge is -2.32. The van der Waals surface area contributed by atoms with Crippen molar-refractivity contribution in [2.45, 2.75) is 38.8 Å². The fourth-order valence-corrected chi connectivity index (χ4v) is 2.52. The molecule has 9 heteroatoms. The monoisotopic (exact) mass is 305 g/mol. The van der Waals surface area contributed by atoms with E-state index in [0.29, 0.717) is 24.7 Å². The van der Waals surface area contributed by atoms with Gasteiger partial charge in [-0.3, -0.25) is 9.59 Å². The fourth-order valence-electron chi connectivity index (χ4n) is 2.52. The number of imidazole rings is 1. The molecular formula is C13H15N5O4. The maximum Gasteiger partial charge on any atom is 0.303 e. The SMILES string of the molecule is Cc1noc([C@@H]2Cc3nc[nH]c3CN2C(=O)CCC(=O)O)n1. The van der Waals surface area contributed by atoms with E-state index in [1.54, 1.807) is 18.2 Å². The molecule has 1 amide bonds. The zero-order chi connectivity index (χ0) is 15.7. The van der Waals surface area contributed by atoms with Crippen LogP contribution in [0, 0.1) is 6.92 Å². The number of aromatic amines is 1. The Morgan fingerprint density at radius 2 is 2.32 bits per heavy atom. The van der Waals surface area contributed by atoms with Crippen LogP contribution in [0.3, 0.4) is 0 Å². The molecule has 116 valence electrons. The highest BCUT2D eigenvalue weighted by molar-refractivity contribution is 5.81. The number of carbonyl (C=O) groups excluding carboxylic acids is 1. The van der Waals surface area contributed by atoms with E-state index >= 15 is 0 Å². The Bertz CT molecular complexity index is 707. The Morgan fingerprint density at radius 1 is 1.50 bits per heavy atom. The summed E-state index contributed by atoms with van der Waals surface area (Å²) in [6, 6.07) is -0.418. The Morgan fingerprint density at radius 3 is 3.00 bits per heavy atom. The average molecular weight is 305 g/mol. The van der Waals surface area contributed by atoms with Crippen LogP contribution in [0.5, 0.6) is 0 Å². The molecule has 0 saturated carbocycles. The van der Waals surface area contributed by atoms with Crippen molar-refractivity contribution >= 4 is 11.9 Å². The molecule has 1 aliphatic heterocycles. The van der Waals surface area contributed by atoms with Crippen molar-refractivity contribution in [3.63, 3.8) is 0 Å². The zero-order valence-corrected chi connectivity index (χ0v) is 11.9. The number of carboxylic acid groups (broad SMARTS) is 1. The predicted octanol–water partition coefficient (Wildman–Crippen LogP) is 0.592. The molecule has 0 unspecified atom stereocenters. The highest BCUT2D eigenvalue weighted by Gasteiger charge is 2.35. The molecule has 2 aromatic rings. The molecule has 0 fully saturated rings. The first kappa shape index (κ1) is 14.2. The van der Waals surface area contributed by atoms with Gasteiger partial charge in [0.1, 0.15) is 6.04 Å². The molecule has 0 radical (unpaired) electrons. The summed E-state index contributed by atoms with van der Waals surface area (Å²) in [5.41, 5.74) is 1.69. The minimum absolute atomic E-state index is 0.0670. The van der Waals surface area contributed by atoms with Gasteiger partial charge in [-0.2, -0.15) is 4.98 Å². The summed E-state index contributed by atoms with van der Waals surface area (Å²) in [6.45, 7) is 2.02. The summed E-state index contributed by atoms with van der Waals surface area (Å²) < 4.78 is 5.19. The highest BCUT2D eigenvalue weighted by atomic mass is 16.5. The lowest BCUT2D eigenvalue weighted by molar-refractivity contribution is -0.142. The Hall–Kier alpha value is -2.71. The molecule has 22 heavy (non-hydrogen) atoms. The molecule has 2 aromatic heterocycles. The topological polar surface area (TPSA) is 125 Å². The minimum atomic E-state index is -1.00. The van der Waals surface area contributed by atoms with Gasteiger partial charge in [0.2, 0.25) is 11.8 Å². The van der Waals surface area contributed by atoms with E-state index in [0.717, 1.165) is 11.4 Å². The smallest absolute Gasteiger partial charge is 0.303 e. The molecule has 0 aromatic carbocycles. The lowest BCUT2D eigenvalue weighted by atomic mass is 10.0. The zero-order valence-electron chi connectivity index (χ0n) is 11.9. The Labute approximate surface area is 125 Å². The van der Waals surface area contributed by atoms with Crippen molar-refractivity contribution in [1.82, 2.24) is 25.0 Å². The third-order valence-corrected chi connectivity index (χ3v) is 3.60. The maximum absolute atomic E-state index is 12.4. The third kappa shape index (κ3) is 2.69. The third-order valence-electron chi connectivity index (χ3n) is 3.60. The number of hydrogen-bond donors (Lipinski definition) is 2. The van der Waals surface area contributed by atoms with E-state index in [9.17, 15) is 9.59 Å². The number of H-pyrrole nitrogens is 1. The maximum atomic E-state index is 12.4. The number of nitrogens with one attached hydrogen (secondary N) is 1. The predicted molar refractivity (Wildman–Crippen MR) is 71.5 cm³/mol. The van der Waals surface area contributed by atoms with Crippen LogP contribution in [-0.4, -0.2) is 42.0 Å². The van der Waals surface area contributed by atoms with Gasteiger partial charge in [-0.1, -0.05) is 5.16 Å². The van der Waals surface area contributed by atoms with Crippen LogP contribution in [0.2, 0.25) is 0 Å². The fraction of sp³-hybridized carbons (Fsp3) is 0.462. The van der Waals surface area contributed by atoms with E-state index in [4.69, 9.17) is 9.63 Å². The summed E-state index contributed by atoms with van der Waals surface area (Å²) in [4.78, 5) is 36.0. The quantitative estimate of drug-likeness (QED) is 0.846. The first-order chi connectivity index (χ1) is 10.5. The largest absolute Gasteiger partial charge is 0.481 e. The van der Waals surface area contributed by atoms with Crippen molar-refractivity contribution in [1.29, 1.82) is 0 Å². The molecule has 0 spiro atoms. The number of rotatable bonds is 4. The Balaban J connectivity index is 1.86. The van der Waals surface area contributed by atoms with Gasteiger partial charge in [0.15, 0.2) is 5.82 Å². The summed E-state index contributed by atoms with van der Waals surface area (Å²) in [7, 11) is 0. The van der Waals surface area contributed by atoms with Gasteiger partial charge >= 0.3 is 5.97 Å². The number of aliphatic carboxylic acids is 1. The molecule has 2 N–H and O–H groups in total. The number of fused-ring (bicyclic) bond motifs is 1. The number of aromatic nitrogens is 4. The van der Waals surface area contributed by atoms with Crippen LogP contribution < -0.4 is 0 Å². The lowest BCUT2D eigenvalue weighted by Crippen LogP contribution is -2.39. The molecule has 1 aliphatic rings. The van der Waals surface area contributed by atoms with Crippen LogP contribution in [0.15, 0.2) is 10.9 Å². The van der Waals surface area contributed by atoms with Gasteiger partial charge in [0.25, 0.3) is 0 Å². The Kier molecular flexibility index (Phi) is 3.61. The minimum Gasteiger partial charge on any atom is -0.481 e. The van der Waals surface area contributed by atoms with Crippen molar-refractivity contribution in [3.8, 4) is 0 Å². The molecule has 9 nitrogen and oxygen atoms in total. The van der Waals surface area contributed by atoms with E-state index in [1.165, 1.54) is 0 Å². The number of aryl methyl sites for hydroxylation is 1. The van der Waals surface area contributed by atoms with Crippen LogP contribution in [0.25, 0.3) is 0 Å². The summed E-state index contributed by atoms with van der Waals surface area (Å²) in [6.07, 6.45) is 1.76. The molecule has 0 saturated heterocycles. The molecule has 0 aliphatic carbocycles. The first-order valence-electron chi connectivity index (χ1n) is 6.87. The van der Waals surface area contributed by atoms with E-state index in [2.05, 4.69) is 20.1 Å². The second-order valence-corrected chi connectivity index (χ2v) is 5.14. The molecule has 3 heterocycles. The van der Waals surface area contributed by atoms with Gasteiger partial charge in [0, 0.05) is 12.8 Å². The van der Waals surface area contributed by atoms with Crippen LogP contribution in [-0.2, 0) is 22.6 Å². The second-order valence-electron chi connectivity index (χ2n) is 5.14. The molecular weight excluding hydrogens is 290 g/mol. The van der Waals surface area contributed by atoms with Crippen LogP contribution >= 0.6 is 0 Å². The van der Waals surface area contributed by atoms with E-state index in [1.807, 2.05) is 0 Å². The van der Waals surface area contributed by atoms with Gasteiger partial charge < -0.3 is 19.5 Å². The van der Waals surface area contributed by atoms with Crippen molar-refractivity contribution in [2.75, 3.05) is 0 Å². The van der Waals surface area contributed by atoms with Crippen molar-refractivity contribution < 1.29 is 19.2 Å². The second kappa shape index (κ2) is 5.58. The normalized spacial score (nSPS) is 17.3.